The van der Waals surface area contributed by atoms with Crippen molar-refractivity contribution in [2.75, 3.05) is 5.32 Å². The van der Waals surface area contributed by atoms with Gasteiger partial charge in [0.15, 0.2) is 5.13 Å². The third-order valence-electron chi connectivity index (χ3n) is 3.12. The molecule has 0 atom stereocenters. The van der Waals surface area contributed by atoms with Crippen LogP contribution < -0.4 is 5.32 Å². The van der Waals surface area contributed by atoms with Crippen LogP contribution in [-0.2, 0) is 0 Å². The number of aromatic nitrogens is 2. The Morgan fingerprint density at radius 2 is 2.00 bits per heavy atom. The maximum Gasteiger partial charge on any atom is 0.188 e. The third-order valence-corrected chi connectivity index (χ3v) is 4.11. The number of pyridine rings is 1. The molecule has 0 aliphatic rings. The van der Waals surface area contributed by atoms with Crippen LogP contribution in [0.1, 0.15) is 11.1 Å². The molecule has 5 heteroatoms. The van der Waals surface area contributed by atoms with Crippen LogP contribution in [0.15, 0.2) is 41.9 Å². The highest BCUT2D eigenvalue weighted by molar-refractivity contribution is 7.14. The lowest BCUT2D eigenvalue weighted by molar-refractivity contribution is 1.28. The number of halogens is 1. The molecule has 0 aliphatic heterocycles. The molecule has 0 radical (unpaired) electrons. The monoisotopic (exact) mass is 315 g/mol. The highest BCUT2D eigenvalue weighted by Gasteiger charge is 2.08. The average molecular weight is 316 g/mol. The van der Waals surface area contributed by atoms with Crippen molar-refractivity contribution in [3.05, 3.63) is 58.1 Å². The molecule has 3 nitrogen and oxygen atoms in total. The van der Waals surface area contributed by atoms with E-state index in [0.717, 1.165) is 22.2 Å². The number of rotatable bonds is 3. The van der Waals surface area contributed by atoms with Crippen molar-refractivity contribution in [2.45, 2.75) is 13.8 Å². The zero-order chi connectivity index (χ0) is 14.8. The van der Waals surface area contributed by atoms with E-state index < -0.39 is 0 Å². The molecule has 0 amide bonds. The smallest absolute Gasteiger partial charge is 0.188 e. The van der Waals surface area contributed by atoms with E-state index in [9.17, 15) is 0 Å². The van der Waals surface area contributed by atoms with Crippen molar-refractivity contribution in [3.63, 3.8) is 0 Å². The fourth-order valence-corrected chi connectivity index (χ4v) is 2.94. The van der Waals surface area contributed by atoms with Gasteiger partial charge in [0.2, 0.25) is 0 Å². The number of anilines is 2. The second-order valence-electron chi connectivity index (χ2n) is 4.84. The van der Waals surface area contributed by atoms with Crippen LogP contribution in [0.2, 0.25) is 5.02 Å². The van der Waals surface area contributed by atoms with Crippen molar-refractivity contribution in [1.82, 2.24) is 9.97 Å². The lowest BCUT2D eigenvalue weighted by atomic mass is 10.0. The lowest BCUT2D eigenvalue weighted by Gasteiger charge is -2.04. The van der Waals surface area contributed by atoms with Gasteiger partial charge in [-0.3, -0.25) is 0 Å². The fourth-order valence-electron chi connectivity index (χ4n) is 2.12. The molecule has 0 fully saturated rings. The van der Waals surface area contributed by atoms with E-state index in [4.69, 9.17) is 11.6 Å². The molecule has 1 N–H and O–H groups in total. The summed E-state index contributed by atoms with van der Waals surface area (Å²) >= 11 is 7.39. The molecular formula is C16H14ClN3S. The van der Waals surface area contributed by atoms with Gasteiger partial charge in [-0.25, -0.2) is 9.97 Å². The minimum Gasteiger partial charge on any atom is -0.316 e. The number of nitrogens with zero attached hydrogens (tertiary/aromatic N) is 2. The Bertz CT molecular complexity index is 765. The Morgan fingerprint density at radius 1 is 1.14 bits per heavy atom. The maximum absolute atomic E-state index is 5.83. The molecule has 3 aromatic rings. The van der Waals surface area contributed by atoms with Gasteiger partial charge in [0.1, 0.15) is 5.82 Å². The molecule has 2 aromatic heterocycles. The molecule has 106 valence electrons. The molecular weight excluding hydrogens is 302 g/mol. The van der Waals surface area contributed by atoms with Crippen LogP contribution in [-0.4, -0.2) is 9.97 Å². The normalized spacial score (nSPS) is 10.6. The minimum atomic E-state index is 0.621. The Kier molecular flexibility index (Phi) is 3.90. The highest BCUT2D eigenvalue weighted by atomic mass is 35.5. The molecule has 0 unspecified atom stereocenters. The van der Waals surface area contributed by atoms with E-state index in [2.05, 4.69) is 52.7 Å². The van der Waals surface area contributed by atoms with E-state index >= 15 is 0 Å². The van der Waals surface area contributed by atoms with Crippen LogP contribution in [0.3, 0.4) is 0 Å². The van der Waals surface area contributed by atoms with Gasteiger partial charge in [-0.05, 0) is 31.5 Å². The fraction of sp³-hybridized carbons (Fsp3) is 0.125. The summed E-state index contributed by atoms with van der Waals surface area (Å²) in [5.74, 6) is 0.737. The van der Waals surface area contributed by atoms with E-state index in [1.807, 2.05) is 6.07 Å². The molecule has 0 saturated carbocycles. The minimum absolute atomic E-state index is 0.621. The molecule has 0 spiro atoms. The van der Waals surface area contributed by atoms with Crippen molar-refractivity contribution in [1.29, 1.82) is 0 Å². The molecule has 3 rings (SSSR count). The van der Waals surface area contributed by atoms with Gasteiger partial charge in [0.25, 0.3) is 0 Å². The zero-order valence-corrected chi connectivity index (χ0v) is 13.3. The highest BCUT2D eigenvalue weighted by Crippen LogP contribution is 2.29. The van der Waals surface area contributed by atoms with Crippen molar-refractivity contribution >= 4 is 33.9 Å². The average Bonchev–Trinajstić information content (AvgIpc) is 2.90. The molecule has 2 heterocycles. The van der Waals surface area contributed by atoms with Crippen LogP contribution in [0.5, 0.6) is 0 Å². The first kappa shape index (κ1) is 14.0. The zero-order valence-electron chi connectivity index (χ0n) is 11.7. The van der Waals surface area contributed by atoms with E-state index in [1.165, 1.54) is 11.1 Å². The van der Waals surface area contributed by atoms with Gasteiger partial charge >= 0.3 is 0 Å². The summed E-state index contributed by atoms with van der Waals surface area (Å²) in [6.07, 6.45) is 1.61. The largest absolute Gasteiger partial charge is 0.316 e. The Hall–Kier alpha value is -1.91. The first-order valence-electron chi connectivity index (χ1n) is 6.53. The number of benzene rings is 1. The van der Waals surface area contributed by atoms with Gasteiger partial charge in [0.05, 0.1) is 10.7 Å². The van der Waals surface area contributed by atoms with Crippen molar-refractivity contribution < 1.29 is 0 Å². The second-order valence-corrected chi connectivity index (χ2v) is 6.14. The van der Waals surface area contributed by atoms with Gasteiger partial charge in [-0.1, -0.05) is 35.4 Å². The van der Waals surface area contributed by atoms with Gasteiger partial charge in [-0.2, -0.15) is 0 Å². The van der Waals surface area contributed by atoms with Crippen LogP contribution in [0, 0.1) is 13.8 Å². The molecule has 1 aromatic carbocycles. The third kappa shape index (κ3) is 3.23. The number of aryl methyl sites for hydroxylation is 2. The number of thiazole rings is 1. The predicted molar refractivity (Wildman–Crippen MR) is 89.6 cm³/mol. The molecule has 0 saturated heterocycles. The van der Waals surface area contributed by atoms with Crippen LogP contribution in [0.4, 0.5) is 10.9 Å². The first-order valence-corrected chi connectivity index (χ1v) is 7.79. The van der Waals surface area contributed by atoms with Crippen LogP contribution in [0.25, 0.3) is 11.3 Å². The quantitative estimate of drug-likeness (QED) is 0.720. The Morgan fingerprint density at radius 3 is 2.71 bits per heavy atom. The van der Waals surface area contributed by atoms with Crippen molar-refractivity contribution in [2.24, 2.45) is 0 Å². The maximum atomic E-state index is 5.83. The van der Waals surface area contributed by atoms with Gasteiger partial charge < -0.3 is 5.32 Å². The lowest BCUT2D eigenvalue weighted by Crippen LogP contribution is -1.92. The second kappa shape index (κ2) is 5.84. The molecule has 21 heavy (non-hydrogen) atoms. The van der Waals surface area contributed by atoms with E-state index in [1.54, 1.807) is 23.6 Å². The van der Waals surface area contributed by atoms with Crippen LogP contribution >= 0.6 is 22.9 Å². The number of hydrogen-bond donors (Lipinski definition) is 1. The number of hydrogen-bond acceptors (Lipinski definition) is 4. The Balaban J connectivity index is 1.84. The standard InChI is InChI=1S/C16H14ClN3S/c1-10-3-5-13(11(2)7-10)14-9-21-16(19-14)20-15-6-4-12(17)8-18-15/h3-9H,1-2H3,(H,18,19,20). The Labute approximate surface area is 132 Å². The predicted octanol–water partition coefficient (Wildman–Crippen LogP) is 5.22. The summed E-state index contributed by atoms with van der Waals surface area (Å²) in [7, 11) is 0. The summed E-state index contributed by atoms with van der Waals surface area (Å²) in [6, 6.07) is 10.0. The van der Waals surface area contributed by atoms with E-state index in [-0.39, 0.29) is 0 Å². The molecule has 0 aliphatic carbocycles. The summed E-state index contributed by atoms with van der Waals surface area (Å²) in [6.45, 7) is 4.20. The molecule has 0 bridgehead atoms. The topological polar surface area (TPSA) is 37.8 Å². The number of nitrogens with one attached hydrogen (secondary N) is 1. The summed E-state index contributed by atoms with van der Waals surface area (Å²) in [5, 5.41) is 6.68. The van der Waals surface area contributed by atoms with Gasteiger partial charge in [-0.15, -0.1) is 11.3 Å². The van der Waals surface area contributed by atoms with Gasteiger partial charge in [0, 0.05) is 17.1 Å². The SMILES string of the molecule is Cc1ccc(-c2csc(Nc3ccc(Cl)cn3)n2)c(C)c1. The first-order chi connectivity index (χ1) is 10.1. The van der Waals surface area contributed by atoms with E-state index in [0.29, 0.717) is 5.02 Å². The summed E-state index contributed by atoms with van der Waals surface area (Å²) in [5.41, 5.74) is 4.63. The summed E-state index contributed by atoms with van der Waals surface area (Å²) in [4.78, 5) is 8.83. The summed E-state index contributed by atoms with van der Waals surface area (Å²) < 4.78 is 0. The van der Waals surface area contributed by atoms with Crippen molar-refractivity contribution in [3.8, 4) is 11.3 Å².